The first-order valence-electron chi connectivity index (χ1n) is 14.2. The summed E-state index contributed by atoms with van der Waals surface area (Å²) < 4.78 is 25.5. The lowest BCUT2D eigenvalue weighted by Crippen LogP contribution is -2.57. The van der Waals surface area contributed by atoms with E-state index in [1.807, 2.05) is 60.7 Å². The minimum absolute atomic E-state index is 0.0302. The summed E-state index contributed by atoms with van der Waals surface area (Å²) in [6, 6.07) is 41.8. The predicted molar refractivity (Wildman–Crippen MR) is 167 cm³/mol. The van der Waals surface area contributed by atoms with Gasteiger partial charge in [-0.1, -0.05) is 72.8 Å². The minimum Gasteiger partial charge on any atom is -0.458 e. The third-order valence-corrected chi connectivity index (χ3v) is 8.94. The molecule has 0 spiro atoms. The van der Waals surface area contributed by atoms with Gasteiger partial charge in [0, 0.05) is 10.9 Å². The molecule has 10 rings (SSSR count). The highest BCUT2D eigenvalue weighted by atomic mass is 16.5. The molecule has 0 fully saturated rings. The molecule has 4 nitrogen and oxygen atoms in total. The number of para-hydroxylation sites is 2. The van der Waals surface area contributed by atoms with E-state index >= 15 is 0 Å². The van der Waals surface area contributed by atoms with Gasteiger partial charge in [0.15, 0.2) is 0 Å². The Balaban J connectivity index is 1.14. The maximum Gasteiger partial charge on any atom is 0.260 e. The number of fused-ring (bicyclic) bond motifs is 8. The fraction of sp³-hybridized carbons (Fsp3) is 0. The van der Waals surface area contributed by atoms with Crippen molar-refractivity contribution >= 4 is 46.2 Å². The molecule has 42 heavy (non-hydrogen) atoms. The van der Waals surface area contributed by atoms with E-state index in [2.05, 4.69) is 60.7 Å². The van der Waals surface area contributed by atoms with Crippen LogP contribution in [0.3, 0.4) is 0 Å². The van der Waals surface area contributed by atoms with Crippen LogP contribution in [0, 0.1) is 0 Å². The Labute approximate surface area is 243 Å². The molecule has 0 aromatic heterocycles. The molecule has 4 aliphatic heterocycles. The van der Waals surface area contributed by atoms with Gasteiger partial charge in [-0.3, -0.25) is 0 Å². The van der Waals surface area contributed by atoms with E-state index in [1.54, 1.807) is 0 Å². The summed E-state index contributed by atoms with van der Waals surface area (Å²) in [6.07, 6.45) is 0. The highest BCUT2D eigenvalue weighted by Gasteiger charge is 2.41. The molecule has 0 saturated heterocycles. The van der Waals surface area contributed by atoms with Gasteiger partial charge in [-0.25, -0.2) is 0 Å². The summed E-state index contributed by atoms with van der Waals surface area (Å²) in [4.78, 5) is 0. The molecule has 6 aromatic carbocycles. The molecule has 0 bridgehead atoms. The van der Waals surface area contributed by atoms with E-state index in [-0.39, 0.29) is 13.4 Å². The molecule has 0 saturated carbocycles. The van der Waals surface area contributed by atoms with Gasteiger partial charge in [0.05, 0.1) is 0 Å². The van der Waals surface area contributed by atoms with Crippen LogP contribution in [0.2, 0.25) is 0 Å². The maximum atomic E-state index is 6.44. The monoisotopic (exact) mass is 538 g/mol. The Hall–Kier alpha value is -5.35. The molecule has 6 aromatic rings. The second-order valence-electron chi connectivity index (χ2n) is 11.2. The molecule has 194 valence electrons. The van der Waals surface area contributed by atoms with Gasteiger partial charge in [0.2, 0.25) is 0 Å². The van der Waals surface area contributed by atoms with Gasteiger partial charge in [-0.2, -0.15) is 0 Å². The molecule has 0 amide bonds. The number of hydrogen-bond acceptors (Lipinski definition) is 4. The van der Waals surface area contributed by atoms with E-state index in [1.165, 1.54) is 0 Å². The minimum atomic E-state index is 0.0302. The first-order valence-corrected chi connectivity index (χ1v) is 14.2. The van der Waals surface area contributed by atoms with E-state index in [9.17, 15) is 0 Å². The summed E-state index contributed by atoms with van der Waals surface area (Å²) in [5, 5.41) is 0. The van der Waals surface area contributed by atoms with Crippen molar-refractivity contribution in [2.75, 3.05) is 0 Å². The second kappa shape index (κ2) is 8.11. The van der Waals surface area contributed by atoms with E-state index in [4.69, 9.17) is 18.9 Å². The average molecular weight is 538 g/mol. The van der Waals surface area contributed by atoms with Crippen molar-refractivity contribution in [2.24, 2.45) is 0 Å². The van der Waals surface area contributed by atoms with Crippen molar-refractivity contribution in [1.29, 1.82) is 0 Å². The first kappa shape index (κ1) is 22.4. The third kappa shape index (κ3) is 2.98. The Morgan fingerprint density at radius 3 is 1.10 bits per heavy atom. The van der Waals surface area contributed by atoms with Crippen LogP contribution in [0.1, 0.15) is 0 Å². The van der Waals surface area contributed by atoms with Crippen molar-refractivity contribution in [3.05, 3.63) is 121 Å². The number of rotatable bonds is 1. The maximum absolute atomic E-state index is 6.44. The molecule has 0 aliphatic carbocycles. The molecule has 6 heteroatoms. The van der Waals surface area contributed by atoms with E-state index in [0.717, 1.165) is 89.9 Å². The third-order valence-electron chi connectivity index (χ3n) is 8.94. The number of benzene rings is 6. The van der Waals surface area contributed by atoms with Crippen molar-refractivity contribution in [2.45, 2.75) is 0 Å². The van der Waals surface area contributed by atoms with Crippen molar-refractivity contribution < 1.29 is 18.9 Å². The second-order valence-corrected chi connectivity index (χ2v) is 11.2. The number of ether oxygens (including phenoxy) is 4. The van der Waals surface area contributed by atoms with Gasteiger partial charge < -0.3 is 18.9 Å². The van der Waals surface area contributed by atoms with Gasteiger partial charge in [-0.05, 0) is 81.5 Å². The standard InChI is InChI=1S/C36H20B2O4/c1-3-9-27-23(7-1)37-25-19-21(15-17-29(25)41-33-13-5-11-31(39-27)35(33)37)22-16-18-30-26(20-22)38-24-8-2-4-10-28(24)40-32-12-6-14-34(42-30)36(32)38/h1-20H. The lowest BCUT2D eigenvalue weighted by Gasteiger charge is -2.33. The van der Waals surface area contributed by atoms with Crippen LogP contribution in [0.25, 0.3) is 11.1 Å². The van der Waals surface area contributed by atoms with Crippen LogP contribution in [0.4, 0.5) is 0 Å². The molecule has 0 radical (unpaired) electrons. The predicted octanol–water partition coefficient (Wildman–Crippen LogP) is 4.81. The average Bonchev–Trinajstić information content (AvgIpc) is 3.04. The Morgan fingerprint density at radius 2 is 0.667 bits per heavy atom. The van der Waals surface area contributed by atoms with Crippen LogP contribution in [-0.4, -0.2) is 13.4 Å². The lowest BCUT2D eigenvalue weighted by molar-refractivity contribution is 0.464. The van der Waals surface area contributed by atoms with Crippen LogP contribution >= 0.6 is 0 Å². The molecule has 0 atom stereocenters. The Bertz CT molecular complexity index is 1960. The fourth-order valence-corrected chi connectivity index (χ4v) is 7.12. The lowest BCUT2D eigenvalue weighted by atomic mass is 9.34. The SMILES string of the molecule is c1ccc2c(c1)Oc1cccc3c1B2c1cc(-c2ccc4c(c2)B2c5ccccc5Oc5cccc(c52)O4)ccc1O3. The Kier molecular flexibility index (Phi) is 4.32. The van der Waals surface area contributed by atoms with E-state index in [0.29, 0.717) is 0 Å². The molecular formula is C36H20B2O4. The molecule has 0 N–H and O–H groups in total. The summed E-state index contributed by atoms with van der Waals surface area (Å²) in [5.41, 5.74) is 9.02. The quantitative estimate of drug-likeness (QED) is 0.282. The normalized spacial score (nSPS) is 13.9. The zero-order chi connectivity index (χ0) is 27.4. The zero-order valence-corrected chi connectivity index (χ0v) is 22.3. The smallest absolute Gasteiger partial charge is 0.260 e. The highest BCUT2D eigenvalue weighted by Crippen LogP contribution is 2.37. The van der Waals surface area contributed by atoms with Crippen molar-refractivity contribution in [1.82, 2.24) is 0 Å². The topological polar surface area (TPSA) is 36.9 Å². The van der Waals surface area contributed by atoms with Gasteiger partial charge in [-0.15, -0.1) is 0 Å². The fourth-order valence-electron chi connectivity index (χ4n) is 7.12. The molecular weight excluding hydrogens is 518 g/mol. The van der Waals surface area contributed by atoms with E-state index < -0.39 is 0 Å². The van der Waals surface area contributed by atoms with Gasteiger partial charge in [0.1, 0.15) is 46.0 Å². The Morgan fingerprint density at radius 1 is 0.310 bits per heavy atom. The largest absolute Gasteiger partial charge is 0.458 e. The first-order chi connectivity index (χ1) is 20.8. The van der Waals surface area contributed by atoms with Crippen molar-refractivity contribution in [3.8, 4) is 57.1 Å². The van der Waals surface area contributed by atoms with Crippen molar-refractivity contribution in [3.63, 3.8) is 0 Å². The van der Waals surface area contributed by atoms with Crippen LogP contribution < -0.4 is 51.7 Å². The van der Waals surface area contributed by atoms with Crippen LogP contribution in [-0.2, 0) is 0 Å². The molecule has 4 aliphatic rings. The van der Waals surface area contributed by atoms with Gasteiger partial charge in [0.25, 0.3) is 13.4 Å². The summed E-state index contributed by atoms with van der Waals surface area (Å²) in [5.74, 6) is 6.95. The highest BCUT2D eigenvalue weighted by molar-refractivity contribution is 6.99. The molecule has 0 unspecified atom stereocenters. The molecule has 4 heterocycles. The number of hydrogen-bond donors (Lipinski definition) is 0. The summed E-state index contributed by atoms with van der Waals surface area (Å²) in [6.45, 7) is 0.0604. The van der Waals surface area contributed by atoms with Crippen LogP contribution in [0.15, 0.2) is 121 Å². The zero-order valence-electron chi connectivity index (χ0n) is 22.3. The van der Waals surface area contributed by atoms with Gasteiger partial charge >= 0.3 is 0 Å². The summed E-state index contributed by atoms with van der Waals surface area (Å²) >= 11 is 0. The summed E-state index contributed by atoms with van der Waals surface area (Å²) in [7, 11) is 0. The van der Waals surface area contributed by atoms with Crippen LogP contribution in [0.5, 0.6) is 46.0 Å².